The Bertz CT molecular complexity index is 805. The fourth-order valence-electron chi connectivity index (χ4n) is 3.16. The smallest absolute Gasteiger partial charge is 0.344 e. The summed E-state index contributed by atoms with van der Waals surface area (Å²) in [5.74, 6) is -1.29. The van der Waals surface area contributed by atoms with Crippen LogP contribution in [0.4, 0.5) is 4.79 Å². The summed E-state index contributed by atoms with van der Waals surface area (Å²) in [5.41, 5.74) is 1.93. The predicted molar refractivity (Wildman–Crippen MR) is 112 cm³/mol. The van der Waals surface area contributed by atoms with Gasteiger partial charge in [0.15, 0.2) is 0 Å². The highest BCUT2D eigenvalue weighted by molar-refractivity contribution is 6.07. The van der Waals surface area contributed by atoms with Crippen molar-refractivity contribution in [3.05, 3.63) is 35.9 Å². The van der Waals surface area contributed by atoms with Crippen LogP contribution in [0.15, 0.2) is 30.3 Å². The Morgan fingerprint density at radius 1 is 1.10 bits per heavy atom. The number of urea groups is 1. The molecule has 0 spiro atoms. The third kappa shape index (κ3) is 6.55. The van der Waals surface area contributed by atoms with E-state index >= 15 is 0 Å². The van der Waals surface area contributed by atoms with Crippen molar-refractivity contribution >= 4 is 23.8 Å². The molecular formula is C21H31N5O4. The second-order valence-corrected chi connectivity index (χ2v) is 8.89. The lowest BCUT2D eigenvalue weighted by Crippen LogP contribution is -2.52. The largest absolute Gasteiger partial charge is 0.350 e. The molecule has 0 saturated carbocycles. The number of carbonyl (C=O) groups is 4. The Kier molecular flexibility index (Phi) is 7.20. The molecule has 0 aliphatic carbocycles. The number of rotatable bonds is 8. The Hall–Kier alpha value is -2.94. The first-order valence-corrected chi connectivity index (χ1v) is 9.89. The molecule has 9 heteroatoms. The van der Waals surface area contributed by atoms with Gasteiger partial charge >= 0.3 is 6.03 Å². The zero-order valence-corrected chi connectivity index (χ0v) is 18.2. The average Bonchev–Trinajstić information content (AvgIpc) is 2.82. The first-order valence-electron chi connectivity index (χ1n) is 9.89. The lowest BCUT2D eigenvalue weighted by Gasteiger charge is -2.24. The van der Waals surface area contributed by atoms with Crippen molar-refractivity contribution in [1.29, 1.82) is 0 Å². The quantitative estimate of drug-likeness (QED) is 0.542. The van der Waals surface area contributed by atoms with E-state index in [1.165, 1.54) is 4.90 Å². The van der Waals surface area contributed by atoms with E-state index < -0.39 is 23.4 Å². The highest BCUT2D eigenvalue weighted by Gasteiger charge is 2.48. The zero-order valence-electron chi connectivity index (χ0n) is 18.2. The van der Waals surface area contributed by atoms with E-state index in [9.17, 15) is 19.2 Å². The Balaban J connectivity index is 1.88. The van der Waals surface area contributed by atoms with Crippen molar-refractivity contribution in [2.24, 2.45) is 0 Å². The summed E-state index contributed by atoms with van der Waals surface area (Å²) in [6.07, 6.45) is 1.01. The molecule has 1 aromatic rings. The van der Waals surface area contributed by atoms with Crippen LogP contribution in [0.2, 0.25) is 0 Å². The molecule has 164 valence electrons. The van der Waals surface area contributed by atoms with Gasteiger partial charge < -0.3 is 10.6 Å². The summed E-state index contributed by atoms with van der Waals surface area (Å²) in [5, 5.41) is 6.19. The normalized spacial score (nSPS) is 19.1. The van der Waals surface area contributed by atoms with Gasteiger partial charge in [-0.05, 0) is 53.1 Å². The lowest BCUT2D eigenvalue weighted by molar-refractivity contribution is -0.139. The average molecular weight is 418 g/mol. The van der Waals surface area contributed by atoms with Crippen LogP contribution >= 0.6 is 0 Å². The minimum atomic E-state index is -1.10. The molecule has 1 fully saturated rings. The number of imide groups is 1. The molecule has 0 bridgehead atoms. The molecule has 9 nitrogen and oxygen atoms in total. The molecule has 1 atom stereocenters. The SMILES string of the molecule is CN(CC(=O)NN1C(=O)NC(C)(CCc2ccccc2)C1=O)CC(=O)NC(C)(C)C. The van der Waals surface area contributed by atoms with Crippen molar-refractivity contribution in [2.75, 3.05) is 20.1 Å². The van der Waals surface area contributed by atoms with Gasteiger partial charge in [0, 0.05) is 5.54 Å². The van der Waals surface area contributed by atoms with Crippen LogP contribution < -0.4 is 16.1 Å². The fourth-order valence-corrected chi connectivity index (χ4v) is 3.16. The number of aryl methyl sites for hydroxylation is 1. The number of hydrogen-bond acceptors (Lipinski definition) is 5. The molecule has 2 rings (SSSR count). The van der Waals surface area contributed by atoms with Gasteiger partial charge in [0.05, 0.1) is 13.1 Å². The molecule has 5 amide bonds. The second kappa shape index (κ2) is 9.25. The van der Waals surface area contributed by atoms with Gasteiger partial charge in [0.2, 0.25) is 5.91 Å². The molecule has 30 heavy (non-hydrogen) atoms. The van der Waals surface area contributed by atoms with Crippen molar-refractivity contribution in [3.8, 4) is 0 Å². The molecule has 1 heterocycles. The first-order chi connectivity index (χ1) is 13.9. The summed E-state index contributed by atoms with van der Waals surface area (Å²) in [6.45, 7) is 7.11. The summed E-state index contributed by atoms with van der Waals surface area (Å²) in [6, 6.07) is 8.98. The zero-order chi connectivity index (χ0) is 22.5. The number of hydrogen-bond donors (Lipinski definition) is 3. The van der Waals surface area contributed by atoms with E-state index in [0.29, 0.717) is 12.8 Å². The third-order valence-electron chi connectivity index (χ3n) is 4.60. The van der Waals surface area contributed by atoms with Gasteiger partial charge in [-0.25, -0.2) is 4.79 Å². The van der Waals surface area contributed by atoms with Gasteiger partial charge in [0.25, 0.3) is 11.8 Å². The number of benzene rings is 1. The molecule has 1 aliphatic heterocycles. The summed E-state index contributed by atoms with van der Waals surface area (Å²) < 4.78 is 0. The van der Waals surface area contributed by atoms with Crippen molar-refractivity contribution < 1.29 is 19.2 Å². The molecule has 0 radical (unpaired) electrons. The molecule has 3 N–H and O–H groups in total. The summed E-state index contributed by atoms with van der Waals surface area (Å²) >= 11 is 0. The van der Waals surface area contributed by atoms with Crippen LogP contribution in [0, 0.1) is 0 Å². The fraction of sp³-hybridized carbons (Fsp3) is 0.524. The third-order valence-corrected chi connectivity index (χ3v) is 4.60. The van der Waals surface area contributed by atoms with Gasteiger partial charge in [0.1, 0.15) is 5.54 Å². The maximum absolute atomic E-state index is 12.8. The topological polar surface area (TPSA) is 111 Å². The summed E-state index contributed by atoms with van der Waals surface area (Å²) in [7, 11) is 1.61. The monoisotopic (exact) mass is 417 g/mol. The lowest BCUT2D eigenvalue weighted by atomic mass is 9.93. The number of amides is 5. The van der Waals surface area contributed by atoms with Crippen LogP contribution in [0.3, 0.4) is 0 Å². The van der Waals surface area contributed by atoms with Crippen LogP contribution in [0.25, 0.3) is 0 Å². The molecule has 1 aromatic carbocycles. The predicted octanol–water partition coefficient (Wildman–Crippen LogP) is 0.807. The number of carbonyl (C=O) groups excluding carboxylic acids is 4. The first kappa shape index (κ1) is 23.3. The van der Waals surface area contributed by atoms with Gasteiger partial charge in [-0.2, -0.15) is 5.01 Å². The van der Waals surface area contributed by atoms with Crippen LogP contribution in [-0.2, 0) is 20.8 Å². The van der Waals surface area contributed by atoms with E-state index in [0.717, 1.165) is 10.6 Å². The van der Waals surface area contributed by atoms with Crippen molar-refractivity contribution in [1.82, 2.24) is 26.0 Å². The van der Waals surface area contributed by atoms with Crippen molar-refractivity contribution in [3.63, 3.8) is 0 Å². The number of likely N-dealkylation sites (N-methyl/N-ethyl adjacent to an activating group) is 1. The molecule has 1 aliphatic rings. The van der Waals surface area contributed by atoms with E-state index in [4.69, 9.17) is 0 Å². The van der Waals surface area contributed by atoms with Crippen LogP contribution in [0.1, 0.15) is 39.7 Å². The van der Waals surface area contributed by atoms with Gasteiger partial charge in [-0.1, -0.05) is 30.3 Å². The molecule has 1 unspecified atom stereocenters. The number of hydrazine groups is 1. The maximum Gasteiger partial charge on any atom is 0.344 e. The minimum absolute atomic E-state index is 0.0135. The Morgan fingerprint density at radius 2 is 1.70 bits per heavy atom. The van der Waals surface area contributed by atoms with E-state index in [2.05, 4.69) is 16.1 Å². The van der Waals surface area contributed by atoms with Crippen LogP contribution in [-0.4, -0.2) is 64.9 Å². The number of nitrogens with zero attached hydrogens (tertiary/aromatic N) is 2. The molecule has 0 aromatic heterocycles. The number of nitrogens with one attached hydrogen (secondary N) is 3. The van der Waals surface area contributed by atoms with E-state index in [-0.39, 0.29) is 24.5 Å². The van der Waals surface area contributed by atoms with Gasteiger partial charge in [-0.3, -0.25) is 24.7 Å². The molecule has 1 saturated heterocycles. The summed E-state index contributed by atoms with van der Waals surface area (Å²) in [4.78, 5) is 50.8. The van der Waals surface area contributed by atoms with Crippen LogP contribution in [0.5, 0.6) is 0 Å². The van der Waals surface area contributed by atoms with E-state index in [1.54, 1.807) is 14.0 Å². The Labute approximate surface area is 177 Å². The maximum atomic E-state index is 12.8. The molecular weight excluding hydrogens is 386 g/mol. The Morgan fingerprint density at radius 3 is 2.30 bits per heavy atom. The van der Waals surface area contributed by atoms with E-state index in [1.807, 2.05) is 51.1 Å². The second-order valence-electron chi connectivity index (χ2n) is 8.89. The highest BCUT2D eigenvalue weighted by Crippen LogP contribution is 2.22. The standard InChI is InChI=1S/C21H31N5O4/c1-20(2,3)22-16(27)13-25(5)14-17(28)24-26-18(29)21(4,23-19(26)30)12-11-15-9-7-6-8-10-15/h6-10H,11-14H2,1-5H3,(H,22,27)(H,23,30)(H,24,28). The van der Waals surface area contributed by atoms with Gasteiger partial charge in [-0.15, -0.1) is 0 Å². The minimum Gasteiger partial charge on any atom is -0.350 e. The highest BCUT2D eigenvalue weighted by atomic mass is 16.2. The van der Waals surface area contributed by atoms with Crippen molar-refractivity contribution in [2.45, 2.75) is 51.6 Å².